The molecule has 1 saturated carbocycles. The smallest absolute Gasteiger partial charge is 0.281 e. The summed E-state index contributed by atoms with van der Waals surface area (Å²) in [7, 11) is -3.60. The molecule has 0 aromatic heterocycles. The molecule has 3 fully saturated rings. The van der Waals surface area contributed by atoms with E-state index in [1.165, 1.54) is 0 Å². The van der Waals surface area contributed by atoms with Crippen molar-refractivity contribution in [2.75, 3.05) is 6.61 Å². The summed E-state index contributed by atoms with van der Waals surface area (Å²) in [4.78, 5) is 15.3. The lowest BCUT2D eigenvalue weighted by atomic mass is 10.0. The summed E-state index contributed by atoms with van der Waals surface area (Å²) in [6, 6.07) is 0. The molecule has 1 unspecified atom stereocenters. The van der Waals surface area contributed by atoms with Crippen LogP contribution in [0.2, 0.25) is 0 Å². The van der Waals surface area contributed by atoms with Gasteiger partial charge in [-0.05, 0) is 31.8 Å². The second-order valence-electron chi connectivity index (χ2n) is 6.37. The number of amides is 1. The Morgan fingerprint density at radius 1 is 1.20 bits per heavy atom. The zero-order valence-electron chi connectivity index (χ0n) is 13.8. The molecule has 1 aliphatic carbocycles. The third kappa shape index (κ3) is 4.71. The van der Waals surface area contributed by atoms with Gasteiger partial charge in [0.25, 0.3) is 5.91 Å². The standard InChI is InChI=1S/C16H22N2O4S3/c19-15-14(10-4-6-12-7-5-11-22-12)24-16(23)18(15)17-25(20,21)13-8-2-1-3-9-13/h4,6,10,12-13,17H,1-3,5,7-9,11H2/b6-4+,14-10+. The summed E-state index contributed by atoms with van der Waals surface area (Å²) >= 11 is 6.27. The van der Waals surface area contributed by atoms with Crippen molar-refractivity contribution in [3.8, 4) is 0 Å². The van der Waals surface area contributed by atoms with Crippen LogP contribution in [0.15, 0.2) is 23.1 Å². The highest BCUT2D eigenvalue weighted by molar-refractivity contribution is 8.26. The first-order chi connectivity index (χ1) is 12.0. The molecule has 9 heteroatoms. The minimum Gasteiger partial charge on any atom is -0.374 e. The molecule has 3 rings (SSSR count). The monoisotopic (exact) mass is 402 g/mol. The van der Waals surface area contributed by atoms with Crippen molar-refractivity contribution < 1.29 is 17.9 Å². The summed E-state index contributed by atoms with van der Waals surface area (Å²) in [6.07, 6.45) is 11.6. The van der Waals surface area contributed by atoms with Gasteiger partial charge < -0.3 is 4.74 Å². The lowest BCUT2D eigenvalue weighted by Crippen LogP contribution is -2.48. The summed E-state index contributed by atoms with van der Waals surface area (Å²) in [5.74, 6) is -0.425. The van der Waals surface area contributed by atoms with Crippen LogP contribution in [-0.4, -0.2) is 41.6 Å². The number of carbonyl (C=O) groups is 1. The first-order valence-electron chi connectivity index (χ1n) is 8.55. The molecular formula is C16H22N2O4S3. The van der Waals surface area contributed by atoms with E-state index in [9.17, 15) is 13.2 Å². The number of allylic oxidation sites excluding steroid dienone is 2. The fourth-order valence-corrected chi connectivity index (χ4v) is 5.94. The van der Waals surface area contributed by atoms with Crippen LogP contribution >= 0.6 is 24.0 Å². The van der Waals surface area contributed by atoms with E-state index in [0.29, 0.717) is 17.7 Å². The Labute approximate surface area is 158 Å². The second kappa shape index (κ2) is 8.30. The van der Waals surface area contributed by atoms with Crippen molar-refractivity contribution in [1.82, 2.24) is 9.84 Å². The van der Waals surface area contributed by atoms with E-state index in [1.807, 2.05) is 6.08 Å². The molecule has 1 amide bonds. The van der Waals surface area contributed by atoms with Crippen LogP contribution in [0.25, 0.3) is 0 Å². The fraction of sp³-hybridized carbons (Fsp3) is 0.625. The summed E-state index contributed by atoms with van der Waals surface area (Å²) in [5.41, 5.74) is 0. The molecular weight excluding hydrogens is 380 g/mol. The van der Waals surface area contributed by atoms with Crippen LogP contribution < -0.4 is 4.83 Å². The maximum absolute atomic E-state index is 12.5. The normalized spacial score (nSPS) is 27.9. The van der Waals surface area contributed by atoms with Gasteiger partial charge in [0.2, 0.25) is 10.0 Å². The maximum Gasteiger partial charge on any atom is 0.281 e. The van der Waals surface area contributed by atoms with Gasteiger partial charge in [-0.3, -0.25) is 4.79 Å². The van der Waals surface area contributed by atoms with Gasteiger partial charge in [0.1, 0.15) is 0 Å². The van der Waals surface area contributed by atoms with Crippen LogP contribution in [0, 0.1) is 0 Å². The molecule has 2 heterocycles. The average Bonchev–Trinajstić information content (AvgIpc) is 3.20. The van der Waals surface area contributed by atoms with Crippen LogP contribution in [0.3, 0.4) is 0 Å². The number of rotatable bonds is 5. The second-order valence-corrected chi connectivity index (χ2v) is 9.99. The number of hydrogen-bond acceptors (Lipinski definition) is 6. The first-order valence-corrected chi connectivity index (χ1v) is 11.3. The quantitative estimate of drug-likeness (QED) is 0.563. The highest BCUT2D eigenvalue weighted by Crippen LogP contribution is 2.31. The van der Waals surface area contributed by atoms with Gasteiger partial charge in [0.05, 0.1) is 16.3 Å². The first kappa shape index (κ1) is 19.0. The summed E-state index contributed by atoms with van der Waals surface area (Å²) in [6.45, 7) is 0.764. The van der Waals surface area contributed by atoms with E-state index in [0.717, 1.165) is 55.5 Å². The molecule has 0 spiro atoms. The predicted molar refractivity (Wildman–Crippen MR) is 102 cm³/mol. The molecule has 25 heavy (non-hydrogen) atoms. The summed E-state index contributed by atoms with van der Waals surface area (Å²) in [5, 5.41) is 0.532. The molecule has 6 nitrogen and oxygen atoms in total. The van der Waals surface area contributed by atoms with Crippen LogP contribution in [0.5, 0.6) is 0 Å². The van der Waals surface area contributed by atoms with Crippen LogP contribution in [-0.2, 0) is 19.6 Å². The Balaban J connectivity index is 1.64. The predicted octanol–water partition coefficient (Wildman–Crippen LogP) is 2.63. The molecule has 0 bridgehead atoms. The van der Waals surface area contributed by atoms with Crippen molar-refractivity contribution in [2.45, 2.75) is 56.3 Å². The number of thioether (sulfide) groups is 1. The fourth-order valence-electron chi connectivity index (χ4n) is 3.16. The van der Waals surface area contributed by atoms with Crippen LogP contribution in [0.4, 0.5) is 0 Å². The maximum atomic E-state index is 12.5. The molecule has 2 aliphatic heterocycles. The molecule has 0 radical (unpaired) electrons. The molecule has 1 N–H and O–H groups in total. The molecule has 0 aromatic rings. The summed E-state index contributed by atoms with van der Waals surface area (Å²) < 4.78 is 30.7. The highest BCUT2D eigenvalue weighted by Gasteiger charge is 2.37. The molecule has 138 valence electrons. The number of nitrogens with one attached hydrogen (secondary N) is 1. The SMILES string of the molecule is O=C1/C(=C\C=C\C2CCCO2)SC(=S)N1NS(=O)(=O)C1CCCCC1. The number of nitrogens with zero attached hydrogens (tertiary/aromatic N) is 1. The van der Waals surface area contributed by atoms with Crippen LogP contribution in [0.1, 0.15) is 44.9 Å². The largest absolute Gasteiger partial charge is 0.374 e. The van der Waals surface area contributed by atoms with Gasteiger partial charge in [-0.1, -0.05) is 55.4 Å². The third-order valence-electron chi connectivity index (χ3n) is 4.54. The molecule has 3 aliphatic rings. The van der Waals surface area contributed by atoms with E-state index < -0.39 is 21.2 Å². The Morgan fingerprint density at radius 2 is 1.96 bits per heavy atom. The molecule has 2 saturated heterocycles. The minimum atomic E-state index is -3.60. The van der Waals surface area contributed by atoms with Crippen molar-refractivity contribution >= 4 is 44.2 Å². The van der Waals surface area contributed by atoms with E-state index in [1.54, 1.807) is 12.2 Å². The third-order valence-corrected chi connectivity index (χ3v) is 7.65. The number of hydrogen-bond donors (Lipinski definition) is 1. The molecule has 0 aromatic carbocycles. The lowest BCUT2D eigenvalue weighted by molar-refractivity contribution is -0.123. The van der Waals surface area contributed by atoms with E-state index in [2.05, 4.69) is 4.83 Å². The van der Waals surface area contributed by atoms with Gasteiger partial charge in [0, 0.05) is 6.61 Å². The van der Waals surface area contributed by atoms with E-state index in [-0.39, 0.29) is 10.4 Å². The van der Waals surface area contributed by atoms with Crippen molar-refractivity contribution in [3.63, 3.8) is 0 Å². The van der Waals surface area contributed by atoms with Gasteiger partial charge in [-0.2, -0.15) is 0 Å². The Hall–Kier alpha value is -0.740. The van der Waals surface area contributed by atoms with Gasteiger partial charge in [0.15, 0.2) is 4.32 Å². The number of hydrazine groups is 1. The topological polar surface area (TPSA) is 75.7 Å². The number of carbonyl (C=O) groups excluding carboxylic acids is 1. The number of thiocarbonyl (C=S) groups is 1. The Morgan fingerprint density at radius 3 is 2.64 bits per heavy atom. The minimum absolute atomic E-state index is 0.0891. The van der Waals surface area contributed by atoms with Gasteiger partial charge in [-0.15, -0.1) is 4.83 Å². The highest BCUT2D eigenvalue weighted by atomic mass is 32.2. The lowest BCUT2D eigenvalue weighted by Gasteiger charge is -2.24. The van der Waals surface area contributed by atoms with Crippen molar-refractivity contribution in [2.24, 2.45) is 0 Å². The van der Waals surface area contributed by atoms with Gasteiger partial charge in [-0.25, -0.2) is 13.4 Å². The van der Waals surface area contributed by atoms with E-state index >= 15 is 0 Å². The van der Waals surface area contributed by atoms with Crippen molar-refractivity contribution in [1.29, 1.82) is 0 Å². The van der Waals surface area contributed by atoms with E-state index in [4.69, 9.17) is 17.0 Å². The Bertz CT molecular complexity index is 690. The number of ether oxygens (including phenoxy) is 1. The van der Waals surface area contributed by atoms with Crippen molar-refractivity contribution in [3.05, 3.63) is 23.1 Å². The zero-order chi connectivity index (χ0) is 17.9. The Kier molecular flexibility index (Phi) is 6.32. The van der Waals surface area contributed by atoms with Gasteiger partial charge >= 0.3 is 0 Å². The average molecular weight is 403 g/mol. The zero-order valence-corrected chi connectivity index (χ0v) is 16.3. The number of sulfonamides is 1. The molecule has 1 atom stereocenters.